The predicted octanol–water partition coefficient (Wildman–Crippen LogP) is 5.19. The molecular weight excluding hydrogens is 553 g/mol. The van der Waals surface area contributed by atoms with Crippen molar-refractivity contribution >= 4 is 39.1 Å². The lowest BCUT2D eigenvalue weighted by molar-refractivity contribution is -0.141. The van der Waals surface area contributed by atoms with Crippen LogP contribution in [0.15, 0.2) is 78.9 Å². The summed E-state index contributed by atoms with van der Waals surface area (Å²) < 4.78 is 39.5. The lowest BCUT2D eigenvalue weighted by Gasteiger charge is -2.32. The van der Waals surface area contributed by atoms with Gasteiger partial charge >= 0.3 is 0 Å². The fourth-order valence-electron chi connectivity index (χ4n) is 4.36. The second-order valence-electron chi connectivity index (χ2n) is 9.90. The number of nitrogens with one attached hydrogen (secondary N) is 1. The molecule has 3 aromatic rings. The zero-order valence-electron chi connectivity index (χ0n) is 22.9. The Bertz CT molecular complexity index is 1390. The lowest BCUT2D eigenvalue weighted by atomic mass is 10.0. The van der Waals surface area contributed by atoms with Gasteiger partial charge in [-0.1, -0.05) is 60.1 Å². The van der Waals surface area contributed by atoms with Crippen molar-refractivity contribution < 1.29 is 22.4 Å². The number of sulfonamides is 1. The van der Waals surface area contributed by atoms with E-state index in [2.05, 4.69) is 5.32 Å². The van der Waals surface area contributed by atoms with Crippen LogP contribution in [0.5, 0.6) is 0 Å². The fourth-order valence-corrected chi connectivity index (χ4v) is 5.52. The Kier molecular flexibility index (Phi) is 11.1. The maximum atomic E-state index is 13.8. The molecule has 0 fully saturated rings. The van der Waals surface area contributed by atoms with Gasteiger partial charge in [0, 0.05) is 37.0 Å². The molecule has 10 heteroatoms. The van der Waals surface area contributed by atoms with Crippen LogP contribution in [0.2, 0.25) is 5.02 Å². The highest BCUT2D eigenvalue weighted by Crippen LogP contribution is 2.23. The van der Waals surface area contributed by atoms with Crippen LogP contribution in [0, 0.1) is 5.82 Å². The Morgan fingerprint density at radius 2 is 1.57 bits per heavy atom. The summed E-state index contributed by atoms with van der Waals surface area (Å²) in [6.07, 6.45) is 1.53. The number of rotatable bonds is 13. The van der Waals surface area contributed by atoms with Crippen LogP contribution in [0.1, 0.15) is 37.8 Å². The second-order valence-corrected chi connectivity index (χ2v) is 12.2. The molecule has 0 saturated carbocycles. The van der Waals surface area contributed by atoms with E-state index in [0.717, 1.165) is 16.1 Å². The van der Waals surface area contributed by atoms with Gasteiger partial charge < -0.3 is 10.2 Å². The molecule has 0 spiro atoms. The number of carbonyl (C=O) groups excluding carboxylic acids is 2. The number of halogens is 2. The first-order valence-electron chi connectivity index (χ1n) is 13.1. The van der Waals surface area contributed by atoms with Gasteiger partial charge in [0.15, 0.2) is 0 Å². The van der Waals surface area contributed by atoms with Crippen molar-refractivity contribution in [1.82, 2.24) is 10.2 Å². The van der Waals surface area contributed by atoms with Crippen molar-refractivity contribution in [3.63, 3.8) is 0 Å². The average molecular weight is 588 g/mol. The standard InChI is InChI=1S/C30H35ClFN3O4S/c1-22(2)33-30(37)28(20-23-10-5-4-6-11-23)34(21-24-12-7-8-13-27(24)31)29(36)14-9-19-35(40(3,38)39)26-17-15-25(32)16-18-26/h4-8,10-13,15-18,22,28H,9,14,19-21H2,1-3H3,(H,33,37)/t28-/m1/s1. The average Bonchev–Trinajstić information content (AvgIpc) is 2.89. The van der Waals surface area contributed by atoms with Crippen molar-refractivity contribution in [2.24, 2.45) is 0 Å². The molecule has 214 valence electrons. The minimum Gasteiger partial charge on any atom is -0.352 e. The Hall–Kier alpha value is -3.43. The van der Waals surface area contributed by atoms with Crippen LogP contribution >= 0.6 is 11.6 Å². The molecule has 1 atom stereocenters. The molecule has 7 nitrogen and oxygen atoms in total. The molecule has 0 radical (unpaired) electrons. The summed E-state index contributed by atoms with van der Waals surface area (Å²) in [6.45, 7) is 3.83. The van der Waals surface area contributed by atoms with Crippen LogP contribution in [0.3, 0.4) is 0 Å². The maximum absolute atomic E-state index is 13.8. The van der Waals surface area contributed by atoms with E-state index in [1.807, 2.05) is 56.3 Å². The number of amides is 2. The molecule has 0 saturated heterocycles. The largest absolute Gasteiger partial charge is 0.352 e. The molecule has 0 aromatic heterocycles. The first kappa shape index (κ1) is 31.1. The van der Waals surface area contributed by atoms with Gasteiger partial charge in [0.2, 0.25) is 21.8 Å². The van der Waals surface area contributed by atoms with Crippen LogP contribution in [-0.2, 0) is 32.6 Å². The van der Waals surface area contributed by atoms with E-state index < -0.39 is 21.9 Å². The van der Waals surface area contributed by atoms with E-state index >= 15 is 0 Å². The van der Waals surface area contributed by atoms with Crippen LogP contribution in [0.4, 0.5) is 10.1 Å². The Balaban J connectivity index is 1.88. The molecular formula is C30H35ClFN3O4S. The predicted molar refractivity (Wildman–Crippen MR) is 157 cm³/mol. The number of carbonyl (C=O) groups is 2. The van der Waals surface area contributed by atoms with E-state index in [0.29, 0.717) is 22.7 Å². The molecule has 0 bridgehead atoms. The third-order valence-electron chi connectivity index (χ3n) is 6.27. The summed E-state index contributed by atoms with van der Waals surface area (Å²) in [5.74, 6) is -1.08. The summed E-state index contributed by atoms with van der Waals surface area (Å²) >= 11 is 6.44. The summed E-state index contributed by atoms with van der Waals surface area (Å²) in [7, 11) is -3.68. The molecule has 0 aliphatic carbocycles. The molecule has 2 amide bonds. The summed E-state index contributed by atoms with van der Waals surface area (Å²) in [5, 5.41) is 3.41. The third-order valence-corrected chi connectivity index (χ3v) is 7.83. The van der Waals surface area contributed by atoms with Gasteiger partial charge in [-0.05, 0) is 61.7 Å². The molecule has 40 heavy (non-hydrogen) atoms. The quantitative estimate of drug-likeness (QED) is 0.298. The fraction of sp³-hybridized carbons (Fsp3) is 0.333. The van der Waals surface area contributed by atoms with Gasteiger partial charge in [0.05, 0.1) is 11.9 Å². The van der Waals surface area contributed by atoms with Crippen molar-refractivity contribution in [1.29, 1.82) is 0 Å². The highest BCUT2D eigenvalue weighted by Gasteiger charge is 2.31. The number of anilines is 1. The zero-order chi connectivity index (χ0) is 29.3. The van der Waals surface area contributed by atoms with E-state index in [1.54, 1.807) is 12.1 Å². The molecule has 0 heterocycles. The van der Waals surface area contributed by atoms with E-state index in [-0.39, 0.29) is 43.8 Å². The number of nitrogens with zero attached hydrogens (tertiary/aromatic N) is 2. The van der Waals surface area contributed by atoms with Gasteiger partial charge in [0.25, 0.3) is 0 Å². The normalized spacial score (nSPS) is 12.2. The molecule has 0 aliphatic heterocycles. The van der Waals surface area contributed by atoms with E-state index in [4.69, 9.17) is 11.6 Å². The van der Waals surface area contributed by atoms with Crippen LogP contribution < -0.4 is 9.62 Å². The SMILES string of the molecule is CC(C)NC(=O)[C@@H](Cc1ccccc1)N(Cc1ccccc1Cl)C(=O)CCCN(c1ccc(F)cc1)S(C)(=O)=O. The third kappa shape index (κ3) is 9.06. The van der Waals surface area contributed by atoms with Crippen molar-refractivity contribution in [3.8, 4) is 0 Å². The molecule has 0 aliphatic rings. The number of hydrogen-bond acceptors (Lipinski definition) is 4. The minimum atomic E-state index is -3.68. The van der Waals surface area contributed by atoms with E-state index in [1.165, 1.54) is 29.2 Å². The summed E-state index contributed by atoms with van der Waals surface area (Å²) in [6, 6.07) is 20.8. The van der Waals surface area contributed by atoms with Crippen LogP contribution in [0.25, 0.3) is 0 Å². The molecule has 3 aromatic carbocycles. The Morgan fingerprint density at radius 1 is 0.950 bits per heavy atom. The van der Waals surface area contributed by atoms with Crippen molar-refractivity contribution in [2.75, 3.05) is 17.1 Å². The van der Waals surface area contributed by atoms with E-state index in [9.17, 15) is 22.4 Å². The summed E-state index contributed by atoms with van der Waals surface area (Å²) in [4.78, 5) is 28.7. The minimum absolute atomic E-state index is 0.0116. The lowest BCUT2D eigenvalue weighted by Crippen LogP contribution is -2.51. The van der Waals surface area contributed by atoms with Gasteiger partial charge in [0.1, 0.15) is 11.9 Å². The van der Waals surface area contributed by atoms with Gasteiger partial charge in [-0.15, -0.1) is 0 Å². The Labute approximate surface area is 241 Å². The molecule has 0 unspecified atom stereocenters. The number of benzene rings is 3. The highest BCUT2D eigenvalue weighted by molar-refractivity contribution is 7.92. The number of hydrogen-bond donors (Lipinski definition) is 1. The molecule has 1 N–H and O–H groups in total. The summed E-state index contributed by atoms with van der Waals surface area (Å²) in [5.41, 5.74) is 1.89. The monoisotopic (exact) mass is 587 g/mol. The topological polar surface area (TPSA) is 86.8 Å². The maximum Gasteiger partial charge on any atom is 0.243 e. The first-order valence-corrected chi connectivity index (χ1v) is 15.3. The smallest absolute Gasteiger partial charge is 0.243 e. The van der Waals surface area contributed by atoms with Gasteiger partial charge in [-0.3, -0.25) is 13.9 Å². The zero-order valence-corrected chi connectivity index (χ0v) is 24.5. The van der Waals surface area contributed by atoms with Gasteiger partial charge in [-0.2, -0.15) is 0 Å². The van der Waals surface area contributed by atoms with Gasteiger partial charge in [-0.25, -0.2) is 12.8 Å². The van der Waals surface area contributed by atoms with Crippen LogP contribution in [-0.4, -0.2) is 50.0 Å². The van der Waals surface area contributed by atoms with Crippen molar-refractivity contribution in [2.45, 2.75) is 51.7 Å². The van der Waals surface area contributed by atoms with Crippen molar-refractivity contribution in [3.05, 3.63) is 101 Å². The molecule has 3 rings (SSSR count). The first-order chi connectivity index (χ1) is 19.0. The second kappa shape index (κ2) is 14.3. The highest BCUT2D eigenvalue weighted by atomic mass is 35.5. The Morgan fingerprint density at radius 3 is 2.17 bits per heavy atom.